The Labute approximate surface area is 78.7 Å². The first-order chi connectivity index (χ1) is 6.61. The number of halogens is 3. The van der Waals surface area contributed by atoms with E-state index in [1.165, 1.54) is 7.11 Å². The summed E-state index contributed by atoms with van der Waals surface area (Å²) < 4.78 is 42.4. The number of hydrogen-bond acceptors (Lipinski definition) is 3. The lowest BCUT2D eigenvalue weighted by Crippen LogP contribution is -2.07. The Balaban J connectivity index is 3.33. The minimum absolute atomic E-state index is 0.0854. The van der Waals surface area contributed by atoms with Crippen molar-refractivity contribution in [1.82, 2.24) is 4.98 Å². The van der Waals surface area contributed by atoms with Gasteiger partial charge in [0.2, 0.25) is 0 Å². The highest BCUT2D eigenvalue weighted by Gasteiger charge is 2.20. The minimum atomic E-state index is -2.81. The van der Waals surface area contributed by atoms with Crippen LogP contribution in [0.25, 0.3) is 0 Å². The zero-order valence-electron chi connectivity index (χ0n) is 7.43. The lowest BCUT2D eigenvalue weighted by Gasteiger charge is -2.11. The first kappa shape index (κ1) is 10.8. The van der Waals surface area contributed by atoms with Crippen molar-refractivity contribution in [2.45, 2.75) is 13.0 Å². The quantitative estimate of drug-likeness (QED) is 0.817. The second-order valence-corrected chi connectivity index (χ2v) is 2.51. The van der Waals surface area contributed by atoms with Gasteiger partial charge in [0.15, 0.2) is 5.75 Å². The van der Waals surface area contributed by atoms with Crippen molar-refractivity contribution in [1.29, 1.82) is 0 Å². The normalized spacial score (nSPS) is 10.7. The zero-order chi connectivity index (χ0) is 10.7. The largest absolute Gasteiger partial charge is 0.494 e. The maximum Gasteiger partial charge on any atom is 0.284 e. The van der Waals surface area contributed by atoms with Crippen molar-refractivity contribution in [2.24, 2.45) is 5.73 Å². The lowest BCUT2D eigenvalue weighted by molar-refractivity contribution is 0.141. The van der Waals surface area contributed by atoms with Crippen molar-refractivity contribution in [2.75, 3.05) is 7.11 Å². The predicted octanol–water partition coefficient (Wildman–Crippen LogP) is 1.63. The molecule has 0 unspecified atom stereocenters. The molecule has 0 fully saturated rings. The van der Waals surface area contributed by atoms with E-state index in [1.807, 2.05) is 0 Å². The fourth-order valence-electron chi connectivity index (χ4n) is 1.10. The van der Waals surface area contributed by atoms with E-state index in [-0.39, 0.29) is 17.9 Å². The van der Waals surface area contributed by atoms with E-state index in [1.54, 1.807) is 0 Å². The van der Waals surface area contributed by atoms with Crippen molar-refractivity contribution in [3.8, 4) is 5.75 Å². The molecule has 14 heavy (non-hydrogen) atoms. The van der Waals surface area contributed by atoms with Crippen LogP contribution in [0.2, 0.25) is 0 Å². The van der Waals surface area contributed by atoms with E-state index >= 15 is 0 Å². The van der Waals surface area contributed by atoms with E-state index < -0.39 is 17.9 Å². The number of aromatic nitrogens is 1. The van der Waals surface area contributed by atoms with Crippen molar-refractivity contribution >= 4 is 0 Å². The van der Waals surface area contributed by atoms with Crippen LogP contribution in [0.4, 0.5) is 13.2 Å². The molecule has 0 aromatic carbocycles. The fourth-order valence-corrected chi connectivity index (χ4v) is 1.10. The number of nitrogens with zero attached hydrogens (tertiary/aromatic N) is 1. The molecule has 0 saturated carbocycles. The molecule has 0 amide bonds. The van der Waals surface area contributed by atoms with Crippen LogP contribution in [-0.4, -0.2) is 12.1 Å². The van der Waals surface area contributed by atoms with E-state index in [4.69, 9.17) is 5.73 Å². The second-order valence-electron chi connectivity index (χ2n) is 2.51. The molecular formula is C8H9F3N2O. The maximum absolute atomic E-state index is 13.0. The Morgan fingerprint density at radius 1 is 1.57 bits per heavy atom. The highest BCUT2D eigenvalue weighted by atomic mass is 19.3. The van der Waals surface area contributed by atoms with Crippen molar-refractivity contribution in [3.05, 3.63) is 23.3 Å². The highest BCUT2D eigenvalue weighted by molar-refractivity contribution is 5.38. The second kappa shape index (κ2) is 4.28. The molecule has 3 nitrogen and oxygen atoms in total. The number of pyridine rings is 1. The third-order valence-corrected chi connectivity index (χ3v) is 1.73. The molecule has 0 aliphatic rings. The summed E-state index contributed by atoms with van der Waals surface area (Å²) in [5.41, 5.74) is 4.53. The van der Waals surface area contributed by atoms with Crippen LogP contribution in [-0.2, 0) is 6.54 Å². The average Bonchev–Trinajstić information content (AvgIpc) is 2.16. The smallest absolute Gasteiger partial charge is 0.284 e. The summed E-state index contributed by atoms with van der Waals surface area (Å²) >= 11 is 0. The fraction of sp³-hybridized carbons (Fsp3) is 0.375. The van der Waals surface area contributed by atoms with Gasteiger partial charge in [-0.25, -0.2) is 18.2 Å². The van der Waals surface area contributed by atoms with Gasteiger partial charge in [-0.2, -0.15) is 0 Å². The molecule has 0 saturated heterocycles. The predicted molar refractivity (Wildman–Crippen MR) is 43.6 cm³/mol. The van der Waals surface area contributed by atoms with Crippen LogP contribution in [0.3, 0.4) is 0 Å². The topological polar surface area (TPSA) is 48.1 Å². The van der Waals surface area contributed by atoms with Gasteiger partial charge in [0.1, 0.15) is 11.5 Å². The zero-order valence-corrected chi connectivity index (χ0v) is 7.43. The molecule has 1 rings (SSSR count). The van der Waals surface area contributed by atoms with E-state index in [0.29, 0.717) is 6.20 Å². The van der Waals surface area contributed by atoms with Crippen molar-refractivity contribution < 1.29 is 17.9 Å². The molecule has 0 aliphatic heterocycles. The Morgan fingerprint density at radius 3 is 2.64 bits per heavy atom. The van der Waals surface area contributed by atoms with Gasteiger partial charge in [-0.1, -0.05) is 0 Å². The summed E-state index contributed by atoms with van der Waals surface area (Å²) in [7, 11) is 1.17. The van der Waals surface area contributed by atoms with Crippen molar-refractivity contribution in [3.63, 3.8) is 0 Å². The monoisotopic (exact) mass is 206 g/mol. The average molecular weight is 206 g/mol. The van der Waals surface area contributed by atoms with Crippen LogP contribution in [0.5, 0.6) is 5.75 Å². The number of nitrogens with two attached hydrogens (primary N) is 1. The van der Waals surface area contributed by atoms with Gasteiger partial charge in [-0.05, 0) is 0 Å². The minimum Gasteiger partial charge on any atom is -0.494 e. The van der Waals surface area contributed by atoms with Gasteiger partial charge < -0.3 is 10.5 Å². The Morgan fingerprint density at radius 2 is 2.21 bits per heavy atom. The third kappa shape index (κ3) is 1.79. The summed E-state index contributed by atoms with van der Waals surface area (Å²) in [6.45, 7) is -0.211. The van der Waals surface area contributed by atoms with Gasteiger partial charge in [0, 0.05) is 12.1 Å². The first-order valence-electron chi connectivity index (χ1n) is 3.81. The number of rotatable bonds is 3. The molecule has 2 N–H and O–H groups in total. The molecule has 0 spiro atoms. The lowest BCUT2D eigenvalue weighted by atomic mass is 10.2. The van der Waals surface area contributed by atoms with Crippen LogP contribution in [0.15, 0.2) is 6.20 Å². The third-order valence-electron chi connectivity index (χ3n) is 1.73. The molecule has 1 heterocycles. The molecule has 0 radical (unpaired) electrons. The molecule has 0 atom stereocenters. The van der Waals surface area contributed by atoms with E-state index in [0.717, 1.165) is 0 Å². The number of methoxy groups -OCH3 is 1. The molecule has 0 bridgehead atoms. The summed E-state index contributed by atoms with van der Waals surface area (Å²) in [5.74, 6) is -1.02. The maximum atomic E-state index is 13.0. The summed E-state index contributed by atoms with van der Waals surface area (Å²) in [6.07, 6.45) is -2.09. The summed E-state index contributed by atoms with van der Waals surface area (Å²) in [6, 6.07) is 0. The van der Waals surface area contributed by atoms with Gasteiger partial charge in [-0.15, -0.1) is 0 Å². The van der Waals surface area contributed by atoms with Gasteiger partial charge in [0.25, 0.3) is 6.43 Å². The van der Waals surface area contributed by atoms with Crippen LogP contribution in [0.1, 0.15) is 17.7 Å². The van der Waals surface area contributed by atoms with Crippen LogP contribution < -0.4 is 10.5 Å². The first-order valence-corrected chi connectivity index (χ1v) is 3.81. The SMILES string of the molecule is COc1c(C(F)F)ncc(F)c1CN. The molecular weight excluding hydrogens is 197 g/mol. The Hall–Kier alpha value is -1.30. The van der Waals surface area contributed by atoms with Gasteiger partial charge in [0.05, 0.1) is 13.3 Å². The molecule has 6 heteroatoms. The molecule has 78 valence electrons. The van der Waals surface area contributed by atoms with Gasteiger partial charge in [-0.3, -0.25) is 0 Å². The number of ether oxygens (including phenoxy) is 1. The van der Waals surface area contributed by atoms with Crippen LogP contribution >= 0.6 is 0 Å². The van der Waals surface area contributed by atoms with Crippen LogP contribution in [0, 0.1) is 5.82 Å². The molecule has 1 aromatic rings. The molecule has 0 aliphatic carbocycles. The number of alkyl halides is 2. The summed E-state index contributed by atoms with van der Waals surface area (Å²) in [5, 5.41) is 0. The number of hydrogen-bond donors (Lipinski definition) is 1. The standard InChI is InChI=1S/C8H9F3N2O/c1-14-7-4(2-12)5(9)3-13-6(7)8(10)11/h3,8H,2,12H2,1H3. The summed E-state index contributed by atoms with van der Waals surface area (Å²) in [4.78, 5) is 3.25. The Kier molecular flexibility index (Phi) is 3.29. The molecule has 1 aromatic heterocycles. The van der Waals surface area contributed by atoms with E-state index in [2.05, 4.69) is 9.72 Å². The Bertz CT molecular complexity index is 331. The van der Waals surface area contributed by atoms with E-state index in [9.17, 15) is 13.2 Å². The van der Waals surface area contributed by atoms with Gasteiger partial charge >= 0.3 is 0 Å². The highest BCUT2D eigenvalue weighted by Crippen LogP contribution is 2.31.